The van der Waals surface area contributed by atoms with Crippen molar-refractivity contribution in [2.45, 2.75) is 25.7 Å². The third-order valence-electron chi connectivity index (χ3n) is 3.02. The number of anilines is 2. The molecule has 1 aliphatic rings. The number of aryl methyl sites for hydroxylation is 1. The van der Waals surface area contributed by atoms with E-state index in [1.165, 1.54) is 24.2 Å². The van der Waals surface area contributed by atoms with Crippen LogP contribution in [0, 0.1) is 6.92 Å². The Morgan fingerprint density at radius 1 is 1.42 bits per heavy atom. The normalized spacial score (nSPS) is 14.4. The summed E-state index contributed by atoms with van der Waals surface area (Å²) in [4.78, 5) is 20.7. The second-order valence-electron chi connectivity index (χ2n) is 4.70. The number of nitrogens with one attached hydrogen (secondary N) is 1. The van der Waals surface area contributed by atoms with E-state index in [9.17, 15) is 4.79 Å². The standard InChI is InChI=1S/C13H14N4OS/c1-7-2-5-9(14)11(15-7)12(18)17-13-16-10(6-19-13)8-3-4-8/h2,5-6,8H,3-4,14H2,1H3,(H,16,17,18). The van der Waals surface area contributed by atoms with Gasteiger partial charge < -0.3 is 5.73 Å². The first kappa shape index (κ1) is 12.1. The summed E-state index contributed by atoms with van der Waals surface area (Å²) in [6, 6.07) is 3.47. The molecule has 2 heterocycles. The van der Waals surface area contributed by atoms with Gasteiger partial charge in [-0.1, -0.05) is 0 Å². The van der Waals surface area contributed by atoms with Crippen LogP contribution in [-0.4, -0.2) is 15.9 Å². The molecule has 2 aromatic heterocycles. The molecule has 2 aromatic rings. The zero-order valence-electron chi connectivity index (χ0n) is 10.5. The van der Waals surface area contributed by atoms with Crippen LogP contribution < -0.4 is 11.1 Å². The lowest BCUT2D eigenvalue weighted by molar-refractivity contribution is 0.102. The molecule has 0 radical (unpaired) electrons. The Labute approximate surface area is 114 Å². The number of nitrogen functional groups attached to an aromatic ring is 1. The summed E-state index contributed by atoms with van der Waals surface area (Å²) in [5.41, 5.74) is 8.23. The molecule has 1 fully saturated rings. The van der Waals surface area contributed by atoms with Gasteiger partial charge in [-0.25, -0.2) is 9.97 Å². The number of hydrogen-bond acceptors (Lipinski definition) is 5. The first-order valence-corrected chi connectivity index (χ1v) is 7.01. The first-order chi connectivity index (χ1) is 9.13. The van der Waals surface area contributed by atoms with E-state index in [0.717, 1.165) is 11.4 Å². The van der Waals surface area contributed by atoms with E-state index in [-0.39, 0.29) is 11.6 Å². The Bertz CT molecular complexity index is 633. The summed E-state index contributed by atoms with van der Waals surface area (Å²) >= 11 is 1.44. The summed E-state index contributed by atoms with van der Waals surface area (Å²) in [5, 5.41) is 5.36. The summed E-state index contributed by atoms with van der Waals surface area (Å²) in [7, 11) is 0. The lowest BCUT2D eigenvalue weighted by Gasteiger charge is -2.05. The van der Waals surface area contributed by atoms with Gasteiger partial charge in [0.2, 0.25) is 0 Å². The molecular formula is C13H14N4OS. The van der Waals surface area contributed by atoms with E-state index in [2.05, 4.69) is 15.3 Å². The van der Waals surface area contributed by atoms with Crippen molar-refractivity contribution in [3.8, 4) is 0 Å². The Hall–Kier alpha value is -1.95. The van der Waals surface area contributed by atoms with Crippen LogP contribution in [0.4, 0.5) is 10.8 Å². The Kier molecular flexibility index (Phi) is 2.94. The summed E-state index contributed by atoms with van der Waals surface area (Å²) in [5.74, 6) is 0.280. The minimum atomic E-state index is -0.308. The zero-order valence-corrected chi connectivity index (χ0v) is 11.3. The average Bonchev–Trinajstić information content (AvgIpc) is 3.13. The molecule has 0 bridgehead atoms. The van der Waals surface area contributed by atoms with E-state index < -0.39 is 0 Å². The van der Waals surface area contributed by atoms with Gasteiger partial charge in [0.15, 0.2) is 10.8 Å². The smallest absolute Gasteiger partial charge is 0.278 e. The maximum Gasteiger partial charge on any atom is 0.278 e. The second kappa shape index (κ2) is 4.62. The Morgan fingerprint density at radius 3 is 2.95 bits per heavy atom. The van der Waals surface area contributed by atoms with Gasteiger partial charge in [-0.2, -0.15) is 0 Å². The second-order valence-corrected chi connectivity index (χ2v) is 5.55. The van der Waals surface area contributed by atoms with Crippen LogP contribution in [0.2, 0.25) is 0 Å². The molecular weight excluding hydrogens is 260 g/mol. The van der Waals surface area contributed by atoms with Crippen molar-refractivity contribution >= 4 is 28.1 Å². The van der Waals surface area contributed by atoms with E-state index in [0.29, 0.717) is 16.7 Å². The molecule has 5 nitrogen and oxygen atoms in total. The minimum Gasteiger partial charge on any atom is -0.397 e. The third-order valence-corrected chi connectivity index (χ3v) is 3.79. The molecule has 19 heavy (non-hydrogen) atoms. The molecule has 3 rings (SSSR count). The van der Waals surface area contributed by atoms with Crippen molar-refractivity contribution in [3.05, 3.63) is 34.6 Å². The maximum atomic E-state index is 12.1. The molecule has 0 spiro atoms. The lowest BCUT2D eigenvalue weighted by Crippen LogP contribution is -2.16. The minimum absolute atomic E-state index is 0.253. The van der Waals surface area contributed by atoms with Crippen LogP contribution >= 0.6 is 11.3 Å². The number of amides is 1. The molecule has 1 saturated carbocycles. The number of thiazole rings is 1. The van der Waals surface area contributed by atoms with Crippen molar-refractivity contribution in [2.75, 3.05) is 11.1 Å². The van der Waals surface area contributed by atoms with Crippen molar-refractivity contribution in [2.24, 2.45) is 0 Å². The fourth-order valence-corrected chi connectivity index (χ4v) is 2.60. The predicted molar refractivity (Wildman–Crippen MR) is 75.4 cm³/mol. The molecule has 0 aromatic carbocycles. The number of nitrogens with two attached hydrogens (primary N) is 1. The summed E-state index contributed by atoms with van der Waals surface area (Å²) < 4.78 is 0. The highest BCUT2D eigenvalue weighted by Gasteiger charge is 2.26. The SMILES string of the molecule is Cc1ccc(N)c(C(=O)Nc2nc(C3CC3)cs2)n1. The van der Waals surface area contributed by atoms with Crippen LogP contribution in [0.25, 0.3) is 0 Å². The summed E-state index contributed by atoms with van der Waals surface area (Å²) in [6.45, 7) is 1.82. The lowest BCUT2D eigenvalue weighted by atomic mass is 10.2. The fourth-order valence-electron chi connectivity index (χ4n) is 1.82. The molecule has 0 atom stereocenters. The van der Waals surface area contributed by atoms with E-state index in [1.807, 2.05) is 12.3 Å². The molecule has 0 saturated heterocycles. The van der Waals surface area contributed by atoms with Crippen LogP contribution in [0.5, 0.6) is 0 Å². The van der Waals surface area contributed by atoms with Gasteiger partial charge in [0, 0.05) is 17.0 Å². The van der Waals surface area contributed by atoms with Gasteiger partial charge >= 0.3 is 0 Å². The number of nitrogens with zero attached hydrogens (tertiary/aromatic N) is 2. The predicted octanol–water partition coefficient (Wildman–Crippen LogP) is 2.56. The highest BCUT2D eigenvalue weighted by Crippen LogP contribution is 2.40. The Balaban J connectivity index is 1.77. The Morgan fingerprint density at radius 2 is 2.21 bits per heavy atom. The van der Waals surface area contributed by atoms with Crippen LogP contribution in [-0.2, 0) is 0 Å². The van der Waals surface area contributed by atoms with Gasteiger partial charge in [-0.3, -0.25) is 10.1 Å². The molecule has 6 heteroatoms. The van der Waals surface area contributed by atoms with E-state index in [1.54, 1.807) is 12.1 Å². The molecule has 1 amide bonds. The number of rotatable bonds is 3. The van der Waals surface area contributed by atoms with Crippen LogP contribution in [0.1, 0.15) is 40.6 Å². The first-order valence-electron chi connectivity index (χ1n) is 6.13. The molecule has 0 aliphatic heterocycles. The number of hydrogen-bond donors (Lipinski definition) is 2. The maximum absolute atomic E-state index is 12.1. The van der Waals surface area contributed by atoms with Gasteiger partial charge in [0.25, 0.3) is 5.91 Å². The van der Waals surface area contributed by atoms with Crippen molar-refractivity contribution < 1.29 is 4.79 Å². The van der Waals surface area contributed by atoms with E-state index >= 15 is 0 Å². The van der Waals surface area contributed by atoms with Gasteiger partial charge in [0.05, 0.1) is 11.4 Å². The number of carbonyl (C=O) groups excluding carboxylic acids is 1. The quantitative estimate of drug-likeness (QED) is 0.901. The van der Waals surface area contributed by atoms with Crippen molar-refractivity contribution in [3.63, 3.8) is 0 Å². The van der Waals surface area contributed by atoms with Crippen LogP contribution in [0.3, 0.4) is 0 Å². The largest absolute Gasteiger partial charge is 0.397 e. The summed E-state index contributed by atoms with van der Waals surface area (Å²) in [6.07, 6.45) is 2.40. The highest BCUT2D eigenvalue weighted by atomic mass is 32.1. The van der Waals surface area contributed by atoms with Crippen molar-refractivity contribution in [1.29, 1.82) is 0 Å². The average molecular weight is 274 g/mol. The molecule has 0 unspecified atom stereocenters. The van der Waals surface area contributed by atoms with Crippen molar-refractivity contribution in [1.82, 2.24) is 9.97 Å². The zero-order chi connectivity index (χ0) is 13.4. The van der Waals surface area contributed by atoms with Gasteiger partial charge in [-0.05, 0) is 31.9 Å². The molecule has 98 valence electrons. The topological polar surface area (TPSA) is 80.9 Å². The fraction of sp³-hybridized carbons (Fsp3) is 0.308. The number of pyridine rings is 1. The number of aromatic nitrogens is 2. The third kappa shape index (κ3) is 2.58. The van der Waals surface area contributed by atoms with E-state index in [4.69, 9.17) is 5.73 Å². The van der Waals surface area contributed by atoms with Gasteiger partial charge in [-0.15, -0.1) is 11.3 Å². The van der Waals surface area contributed by atoms with Gasteiger partial charge in [0.1, 0.15) is 0 Å². The molecule has 3 N–H and O–H groups in total. The monoisotopic (exact) mass is 274 g/mol. The van der Waals surface area contributed by atoms with Crippen LogP contribution in [0.15, 0.2) is 17.5 Å². The highest BCUT2D eigenvalue weighted by molar-refractivity contribution is 7.14. The molecule has 1 aliphatic carbocycles. The number of carbonyl (C=O) groups is 1.